The van der Waals surface area contributed by atoms with Gasteiger partial charge in [0, 0.05) is 11.8 Å². The lowest BCUT2D eigenvalue weighted by Crippen LogP contribution is -2.07. The van der Waals surface area contributed by atoms with Crippen LogP contribution in [0.2, 0.25) is 0 Å². The number of rotatable bonds is 9. The Morgan fingerprint density at radius 3 is 1.76 bits per heavy atom. The smallest absolute Gasteiger partial charge is 0.248 e. The molecule has 0 radical (unpaired) electrons. The number of carbonyl (C=O) groups excluding carboxylic acids is 1. The monoisotopic (exact) mass is 445 g/mol. The number of hydrogen-bond donors (Lipinski definition) is 1. The first-order chi connectivity index (χ1) is 16.1. The van der Waals surface area contributed by atoms with Gasteiger partial charge in [-0.15, -0.1) is 0 Å². The van der Waals surface area contributed by atoms with Gasteiger partial charge in [-0.1, -0.05) is 36.4 Å². The van der Waals surface area contributed by atoms with Crippen molar-refractivity contribution in [3.63, 3.8) is 0 Å². The van der Waals surface area contributed by atoms with E-state index in [1.807, 2.05) is 72.8 Å². The quantitative estimate of drug-likeness (QED) is 0.346. The van der Waals surface area contributed by atoms with Crippen LogP contribution in [0.15, 0.2) is 66.7 Å². The van der Waals surface area contributed by atoms with Crippen molar-refractivity contribution in [2.45, 2.75) is 0 Å². The van der Waals surface area contributed by atoms with Crippen molar-refractivity contribution in [2.24, 2.45) is 0 Å². The van der Waals surface area contributed by atoms with Crippen molar-refractivity contribution < 1.29 is 23.7 Å². The number of amides is 1. The summed E-state index contributed by atoms with van der Waals surface area (Å²) < 4.78 is 21.3. The zero-order valence-electron chi connectivity index (χ0n) is 19.1. The summed E-state index contributed by atoms with van der Waals surface area (Å²) in [5.41, 5.74) is 3.52. The Hall–Kier alpha value is -4.19. The minimum Gasteiger partial charge on any atom is -0.497 e. The third-order valence-electron chi connectivity index (χ3n) is 4.88. The van der Waals surface area contributed by atoms with Crippen LogP contribution in [-0.4, -0.2) is 34.3 Å². The summed E-state index contributed by atoms with van der Waals surface area (Å²) in [5.74, 6) is 2.32. The van der Waals surface area contributed by atoms with Crippen molar-refractivity contribution in [2.75, 3.05) is 33.8 Å². The Kier molecular flexibility index (Phi) is 8.13. The number of methoxy groups -OCH3 is 4. The maximum absolute atomic E-state index is 12.2. The fourth-order valence-corrected chi connectivity index (χ4v) is 3.14. The molecule has 170 valence electrons. The Bertz CT molecular complexity index is 1110. The van der Waals surface area contributed by atoms with Crippen LogP contribution in [-0.2, 0) is 4.79 Å². The van der Waals surface area contributed by atoms with Gasteiger partial charge in [0.2, 0.25) is 11.7 Å². The molecule has 0 saturated heterocycles. The van der Waals surface area contributed by atoms with Crippen molar-refractivity contribution in [1.82, 2.24) is 0 Å². The fourth-order valence-electron chi connectivity index (χ4n) is 3.14. The molecule has 0 aliphatic rings. The number of carbonyl (C=O) groups is 1. The van der Waals surface area contributed by atoms with Crippen LogP contribution in [0.25, 0.3) is 18.2 Å². The summed E-state index contributed by atoms with van der Waals surface area (Å²) in [5, 5.41) is 2.86. The Morgan fingerprint density at radius 2 is 1.21 bits per heavy atom. The maximum Gasteiger partial charge on any atom is 0.248 e. The number of benzene rings is 3. The van der Waals surface area contributed by atoms with E-state index in [0.717, 1.165) is 22.4 Å². The van der Waals surface area contributed by atoms with Crippen LogP contribution in [0.5, 0.6) is 23.0 Å². The lowest BCUT2D eigenvalue weighted by Gasteiger charge is -2.12. The molecule has 0 aliphatic carbocycles. The lowest BCUT2D eigenvalue weighted by atomic mass is 10.1. The van der Waals surface area contributed by atoms with E-state index in [0.29, 0.717) is 22.9 Å². The molecule has 0 unspecified atom stereocenters. The third-order valence-corrected chi connectivity index (χ3v) is 4.88. The maximum atomic E-state index is 12.2. The Balaban J connectivity index is 1.63. The van der Waals surface area contributed by atoms with Gasteiger partial charge < -0.3 is 24.3 Å². The van der Waals surface area contributed by atoms with Gasteiger partial charge in [0.25, 0.3) is 0 Å². The van der Waals surface area contributed by atoms with Crippen molar-refractivity contribution in [3.8, 4) is 23.0 Å². The summed E-state index contributed by atoms with van der Waals surface area (Å²) >= 11 is 0. The molecule has 1 amide bonds. The molecule has 6 heteroatoms. The van der Waals surface area contributed by atoms with Crippen molar-refractivity contribution >= 4 is 29.8 Å². The number of ether oxygens (including phenoxy) is 4. The summed E-state index contributed by atoms with van der Waals surface area (Å²) in [6.45, 7) is 0. The third kappa shape index (κ3) is 6.40. The number of anilines is 1. The highest BCUT2D eigenvalue weighted by Gasteiger charge is 2.11. The van der Waals surface area contributed by atoms with Crippen LogP contribution < -0.4 is 24.3 Å². The van der Waals surface area contributed by atoms with Crippen molar-refractivity contribution in [3.05, 3.63) is 83.4 Å². The predicted molar refractivity (Wildman–Crippen MR) is 132 cm³/mol. The van der Waals surface area contributed by atoms with E-state index in [9.17, 15) is 4.79 Å². The Labute approximate surface area is 194 Å². The summed E-state index contributed by atoms with van der Waals surface area (Å²) in [4.78, 5) is 12.2. The van der Waals surface area contributed by atoms with Gasteiger partial charge >= 0.3 is 0 Å². The average Bonchev–Trinajstić information content (AvgIpc) is 2.86. The molecule has 0 saturated carbocycles. The molecular weight excluding hydrogens is 418 g/mol. The first-order valence-corrected chi connectivity index (χ1v) is 10.3. The molecular formula is C27H27NO5. The minimum absolute atomic E-state index is 0.202. The second kappa shape index (κ2) is 11.4. The predicted octanol–water partition coefficient (Wildman–Crippen LogP) is 5.54. The Morgan fingerprint density at radius 1 is 0.667 bits per heavy atom. The molecule has 0 aromatic heterocycles. The summed E-state index contributed by atoms with van der Waals surface area (Å²) in [6.07, 6.45) is 7.18. The average molecular weight is 446 g/mol. The standard InChI is InChI=1S/C27H27NO5/c1-30-23-14-9-20(10-15-23)11-16-26(29)28-22-12-7-19(8-13-22)5-6-21-17-24(31-2)27(33-4)25(18-21)32-3/h5-18H,1-4H3,(H,28,29)/b6-5+,16-11+. The topological polar surface area (TPSA) is 66.0 Å². The molecule has 3 aromatic rings. The van der Waals surface area contributed by atoms with Gasteiger partial charge in [0.05, 0.1) is 28.4 Å². The molecule has 0 atom stereocenters. The second-order valence-electron chi connectivity index (χ2n) is 7.01. The van der Waals surface area contributed by atoms with E-state index in [1.54, 1.807) is 34.5 Å². The second-order valence-corrected chi connectivity index (χ2v) is 7.01. The van der Waals surface area contributed by atoms with Crippen LogP contribution in [0, 0.1) is 0 Å². The zero-order chi connectivity index (χ0) is 23.6. The van der Waals surface area contributed by atoms with Gasteiger partial charge in [-0.3, -0.25) is 4.79 Å². The molecule has 0 aliphatic heterocycles. The molecule has 1 N–H and O–H groups in total. The van der Waals surface area contributed by atoms with E-state index in [2.05, 4.69) is 5.32 Å². The molecule has 33 heavy (non-hydrogen) atoms. The van der Waals surface area contributed by atoms with Crippen LogP contribution in [0.4, 0.5) is 5.69 Å². The van der Waals surface area contributed by atoms with Gasteiger partial charge in [-0.25, -0.2) is 0 Å². The molecule has 3 rings (SSSR count). The summed E-state index contributed by atoms with van der Waals surface area (Å²) in [7, 11) is 6.37. The van der Waals surface area contributed by atoms with Gasteiger partial charge in [0.1, 0.15) is 5.75 Å². The molecule has 0 spiro atoms. The van der Waals surface area contributed by atoms with Crippen molar-refractivity contribution in [1.29, 1.82) is 0 Å². The van der Waals surface area contributed by atoms with E-state index >= 15 is 0 Å². The normalized spacial score (nSPS) is 10.9. The molecule has 0 fully saturated rings. The number of hydrogen-bond acceptors (Lipinski definition) is 5. The van der Waals surface area contributed by atoms with E-state index in [4.69, 9.17) is 18.9 Å². The van der Waals surface area contributed by atoms with Gasteiger partial charge in [-0.05, 0) is 59.2 Å². The van der Waals surface area contributed by atoms with Crippen LogP contribution >= 0.6 is 0 Å². The molecule has 0 bridgehead atoms. The van der Waals surface area contributed by atoms with Crippen LogP contribution in [0.3, 0.4) is 0 Å². The molecule has 6 nitrogen and oxygen atoms in total. The molecule has 3 aromatic carbocycles. The highest BCUT2D eigenvalue weighted by Crippen LogP contribution is 2.38. The van der Waals surface area contributed by atoms with E-state index < -0.39 is 0 Å². The van der Waals surface area contributed by atoms with E-state index in [1.165, 1.54) is 6.08 Å². The van der Waals surface area contributed by atoms with Crippen LogP contribution in [0.1, 0.15) is 16.7 Å². The van der Waals surface area contributed by atoms with Gasteiger partial charge in [0.15, 0.2) is 11.5 Å². The first kappa shape index (κ1) is 23.5. The molecule has 0 heterocycles. The highest BCUT2D eigenvalue weighted by molar-refractivity contribution is 6.02. The highest BCUT2D eigenvalue weighted by atomic mass is 16.5. The SMILES string of the molecule is COc1ccc(/C=C/C(=O)Nc2ccc(/C=C/c3cc(OC)c(OC)c(OC)c3)cc2)cc1. The number of nitrogens with one attached hydrogen (secondary N) is 1. The minimum atomic E-state index is -0.202. The summed E-state index contributed by atoms with van der Waals surface area (Å²) in [6, 6.07) is 18.8. The zero-order valence-corrected chi connectivity index (χ0v) is 19.1. The van der Waals surface area contributed by atoms with E-state index in [-0.39, 0.29) is 5.91 Å². The fraction of sp³-hybridized carbons (Fsp3) is 0.148. The van der Waals surface area contributed by atoms with Gasteiger partial charge in [-0.2, -0.15) is 0 Å². The largest absolute Gasteiger partial charge is 0.497 e. The first-order valence-electron chi connectivity index (χ1n) is 10.3. The lowest BCUT2D eigenvalue weighted by molar-refractivity contribution is -0.111.